The van der Waals surface area contributed by atoms with Crippen LogP contribution < -0.4 is 5.73 Å². The molecule has 1 fully saturated rings. The largest absolute Gasteiger partial charge is 0.342 e. The predicted molar refractivity (Wildman–Crippen MR) is 80.0 cm³/mol. The maximum Gasteiger partial charge on any atom is 0.243 e. The van der Waals surface area contributed by atoms with Crippen LogP contribution >= 0.6 is 0 Å². The summed E-state index contributed by atoms with van der Waals surface area (Å²) in [6.07, 6.45) is 0.648. The summed E-state index contributed by atoms with van der Waals surface area (Å²) in [6, 6.07) is 6.71. The Bertz CT molecular complexity index is 616. The Hall–Kier alpha value is -1.44. The lowest BCUT2D eigenvalue weighted by Crippen LogP contribution is -2.36. The zero-order valence-electron chi connectivity index (χ0n) is 12.2. The van der Waals surface area contributed by atoms with Crippen molar-refractivity contribution in [2.75, 3.05) is 26.2 Å². The van der Waals surface area contributed by atoms with Gasteiger partial charge in [0.2, 0.25) is 15.9 Å². The maximum atomic E-state index is 12.7. The van der Waals surface area contributed by atoms with Crippen LogP contribution in [-0.2, 0) is 21.4 Å². The lowest BCUT2D eigenvalue weighted by molar-refractivity contribution is -0.128. The highest BCUT2D eigenvalue weighted by atomic mass is 32.2. The molecule has 6 nitrogen and oxygen atoms in total. The predicted octanol–water partition coefficient (Wildman–Crippen LogP) is 0.388. The molecule has 1 aromatic carbocycles. The Labute approximate surface area is 125 Å². The minimum Gasteiger partial charge on any atom is -0.342 e. The van der Waals surface area contributed by atoms with Crippen molar-refractivity contribution in [2.24, 2.45) is 5.73 Å². The van der Waals surface area contributed by atoms with Gasteiger partial charge in [0.15, 0.2) is 0 Å². The topological polar surface area (TPSA) is 83.7 Å². The van der Waals surface area contributed by atoms with Gasteiger partial charge in [-0.3, -0.25) is 4.79 Å². The minimum absolute atomic E-state index is 0.0145. The van der Waals surface area contributed by atoms with Crippen LogP contribution in [0.3, 0.4) is 0 Å². The number of nitrogens with zero attached hydrogens (tertiary/aromatic N) is 2. The summed E-state index contributed by atoms with van der Waals surface area (Å²) in [5, 5.41) is 0. The molecule has 0 spiro atoms. The molecule has 0 aliphatic carbocycles. The maximum absolute atomic E-state index is 12.7. The van der Waals surface area contributed by atoms with Crippen LogP contribution in [0.4, 0.5) is 0 Å². The lowest BCUT2D eigenvalue weighted by atomic mass is 10.2. The average molecular weight is 311 g/mol. The van der Waals surface area contributed by atoms with Gasteiger partial charge >= 0.3 is 0 Å². The molecule has 1 aliphatic heterocycles. The second-order valence-electron chi connectivity index (χ2n) is 5.12. The van der Waals surface area contributed by atoms with Crippen molar-refractivity contribution in [1.29, 1.82) is 0 Å². The summed E-state index contributed by atoms with van der Waals surface area (Å²) >= 11 is 0. The molecule has 1 heterocycles. The highest BCUT2D eigenvalue weighted by Gasteiger charge is 2.27. The molecule has 7 heteroatoms. The van der Waals surface area contributed by atoms with Crippen molar-refractivity contribution >= 4 is 15.9 Å². The number of hydrogen-bond acceptors (Lipinski definition) is 4. The Morgan fingerprint density at radius 3 is 2.67 bits per heavy atom. The summed E-state index contributed by atoms with van der Waals surface area (Å²) in [5.74, 6) is -0.0145. The minimum atomic E-state index is -3.53. The second-order valence-corrected chi connectivity index (χ2v) is 7.05. The summed E-state index contributed by atoms with van der Waals surface area (Å²) in [7, 11) is -3.53. The number of amides is 1. The first kappa shape index (κ1) is 15.9. The van der Waals surface area contributed by atoms with Gasteiger partial charge in [0.25, 0.3) is 0 Å². The number of hydrogen-bond donors (Lipinski definition) is 1. The van der Waals surface area contributed by atoms with E-state index in [-0.39, 0.29) is 10.8 Å². The molecular weight excluding hydrogens is 290 g/mol. The third-order valence-corrected chi connectivity index (χ3v) is 5.57. The number of nitrogens with two attached hydrogens (primary N) is 1. The number of carbonyl (C=O) groups excluding carboxylic acids is 1. The summed E-state index contributed by atoms with van der Waals surface area (Å²) in [5.41, 5.74) is 6.35. The molecule has 2 rings (SSSR count). The van der Waals surface area contributed by atoms with Crippen LogP contribution in [0.15, 0.2) is 29.2 Å². The van der Waals surface area contributed by atoms with Crippen LogP contribution in [0.25, 0.3) is 0 Å². The van der Waals surface area contributed by atoms with E-state index in [1.54, 1.807) is 29.2 Å². The quantitative estimate of drug-likeness (QED) is 0.875. The van der Waals surface area contributed by atoms with Gasteiger partial charge in [0, 0.05) is 39.6 Å². The van der Waals surface area contributed by atoms with Gasteiger partial charge in [-0.2, -0.15) is 4.31 Å². The van der Waals surface area contributed by atoms with E-state index >= 15 is 0 Å². The molecule has 0 bridgehead atoms. The van der Waals surface area contributed by atoms with Gasteiger partial charge in [0.1, 0.15) is 0 Å². The van der Waals surface area contributed by atoms with E-state index in [0.717, 1.165) is 5.56 Å². The third-order valence-electron chi connectivity index (χ3n) is 3.67. The smallest absolute Gasteiger partial charge is 0.243 e. The van der Waals surface area contributed by atoms with E-state index in [2.05, 4.69) is 0 Å². The van der Waals surface area contributed by atoms with Crippen molar-refractivity contribution < 1.29 is 13.2 Å². The molecule has 0 atom stereocenters. The van der Waals surface area contributed by atoms with Crippen molar-refractivity contribution in [3.05, 3.63) is 29.8 Å². The van der Waals surface area contributed by atoms with Gasteiger partial charge in [-0.25, -0.2) is 8.42 Å². The fourth-order valence-corrected chi connectivity index (χ4v) is 3.97. The molecule has 1 saturated heterocycles. The van der Waals surface area contributed by atoms with Crippen LogP contribution in [-0.4, -0.2) is 49.7 Å². The fraction of sp³-hybridized carbons (Fsp3) is 0.500. The lowest BCUT2D eigenvalue weighted by Gasteiger charge is -2.21. The van der Waals surface area contributed by atoms with Gasteiger partial charge in [-0.05, 0) is 24.1 Å². The van der Waals surface area contributed by atoms with E-state index < -0.39 is 10.0 Å². The SMILES string of the molecule is CC(=O)N1CCCN(S(=O)(=O)c2cccc(CN)c2)CC1. The highest BCUT2D eigenvalue weighted by Crippen LogP contribution is 2.19. The number of carbonyl (C=O) groups is 1. The van der Waals surface area contributed by atoms with Gasteiger partial charge in [-0.15, -0.1) is 0 Å². The highest BCUT2D eigenvalue weighted by molar-refractivity contribution is 7.89. The molecule has 116 valence electrons. The van der Waals surface area contributed by atoms with Crippen LogP contribution in [0.2, 0.25) is 0 Å². The molecule has 0 saturated carbocycles. The molecule has 0 radical (unpaired) electrons. The zero-order chi connectivity index (χ0) is 15.5. The summed E-state index contributed by atoms with van der Waals surface area (Å²) < 4.78 is 26.8. The molecule has 1 aliphatic rings. The summed E-state index contributed by atoms with van der Waals surface area (Å²) in [4.78, 5) is 13.4. The average Bonchev–Trinajstić information content (AvgIpc) is 2.73. The van der Waals surface area contributed by atoms with Gasteiger partial charge < -0.3 is 10.6 Å². The molecule has 21 heavy (non-hydrogen) atoms. The van der Waals surface area contributed by atoms with Gasteiger partial charge in [0.05, 0.1) is 4.90 Å². The number of sulfonamides is 1. The third kappa shape index (κ3) is 3.61. The monoisotopic (exact) mass is 311 g/mol. The Kier molecular flexibility index (Phi) is 4.97. The molecule has 1 aromatic rings. The first-order chi connectivity index (χ1) is 9.95. The fourth-order valence-electron chi connectivity index (χ4n) is 2.43. The Morgan fingerprint density at radius 1 is 1.24 bits per heavy atom. The van der Waals surface area contributed by atoms with Crippen molar-refractivity contribution in [2.45, 2.75) is 24.8 Å². The van der Waals surface area contributed by atoms with Crippen molar-refractivity contribution in [3.8, 4) is 0 Å². The van der Waals surface area contributed by atoms with Crippen molar-refractivity contribution in [1.82, 2.24) is 9.21 Å². The standard InChI is InChI=1S/C14H21N3O3S/c1-12(18)16-6-3-7-17(9-8-16)21(19,20)14-5-2-4-13(10-14)11-15/h2,4-5,10H,3,6-9,11,15H2,1H3. The molecule has 0 aromatic heterocycles. The molecule has 0 unspecified atom stereocenters. The van der Waals surface area contributed by atoms with E-state index in [1.165, 1.54) is 11.2 Å². The Balaban J connectivity index is 2.21. The zero-order valence-corrected chi connectivity index (χ0v) is 13.0. The molecular formula is C14H21N3O3S. The number of rotatable bonds is 3. The van der Waals surface area contributed by atoms with Crippen LogP contribution in [0, 0.1) is 0 Å². The first-order valence-electron chi connectivity index (χ1n) is 7.00. The van der Waals surface area contributed by atoms with Crippen LogP contribution in [0.1, 0.15) is 18.9 Å². The molecule has 1 amide bonds. The van der Waals surface area contributed by atoms with E-state index in [0.29, 0.717) is 39.1 Å². The van der Waals surface area contributed by atoms with E-state index in [9.17, 15) is 13.2 Å². The Morgan fingerprint density at radius 2 is 2.00 bits per heavy atom. The van der Waals surface area contributed by atoms with E-state index in [1.807, 2.05) is 0 Å². The van der Waals surface area contributed by atoms with Crippen LogP contribution in [0.5, 0.6) is 0 Å². The summed E-state index contributed by atoms with van der Waals surface area (Å²) in [6.45, 7) is 3.61. The second kappa shape index (κ2) is 6.55. The first-order valence-corrected chi connectivity index (χ1v) is 8.44. The molecule has 2 N–H and O–H groups in total. The number of benzene rings is 1. The van der Waals surface area contributed by atoms with Gasteiger partial charge in [-0.1, -0.05) is 12.1 Å². The van der Waals surface area contributed by atoms with Crippen molar-refractivity contribution in [3.63, 3.8) is 0 Å². The van der Waals surface area contributed by atoms with E-state index in [4.69, 9.17) is 5.73 Å². The normalized spacial score (nSPS) is 17.5.